The molecule has 0 saturated heterocycles. The maximum atomic E-state index is 5.18. The van der Waals surface area contributed by atoms with Gasteiger partial charge in [0.25, 0.3) is 0 Å². The van der Waals surface area contributed by atoms with E-state index in [9.17, 15) is 0 Å². The van der Waals surface area contributed by atoms with Crippen molar-refractivity contribution in [2.45, 2.75) is 0 Å². The predicted molar refractivity (Wildman–Crippen MR) is 49.1 cm³/mol. The molecule has 0 unspecified atom stereocenters. The summed E-state index contributed by atoms with van der Waals surface area (Å²) < 4.78 is 10.4. The summed E-state index contributed by atoms with van der Waals surface area (Å²) in [5, 5.41) is 0. The lowest BCUT2D eigenvalue weighted by Crippen LogP contribution is -2.22. The van der Waals surface area contributed by atoms with Gasteiger partial charge in [-0.2, -0.15) is 0 Å². The second kappa shape index (κ2) is 3.18. The van der Waals surface area contributed by atoms with Crippen molar-refractivity contribution in [2.75, 3.05) is 26.3 Å². The van der Waals surface area contributed by atoms with Crippen molar-refractivity contribution in [3.05, 3.63) is 0 Å². The van der Waals surface area contributed by atoms with Crippen LogP contribution in [0, 0.1) is 0 Å². The molecule has 0 N–H and O–H groups in total. The first kappa shape index (κ1) is 7.67. The summed E-state index contributed by atoms with van der Waals surface area (Å²) >= 11 is 5.06. The standard InChI is InChI=1S/C7H8N2O2S/c12-5(6-8-1-3-10-6)7-9-2-4-11-7/h1-4H2. The highest BCUT2D eigenvalue weighted by Gasteiger charge is 2.21. The first-order valence-electron chi connectivity index (χ1n) is 3.77. The minimum atomic E-state index is 0.505. The van der Waals surface area contributed by atoms with E-state index in [1.807, 2.05) is 0 Å². The first-order chi connectivity index (χ1) is 5.88. The molecule has 0 aromatic carbocycles. The Balaban J connectivity index is 2.08. The molecular formula is C7H8N2O2S. The number of hydrogen-bond donors (Lipinski definition) is 0. The largest absolute Gasteiger partial charge is 0.475 e. The van der Waals surface area contributed by atoms with Crippen LogP contribution < -0.4 is 0 Å². The number of rotatable bonds is 2. The number of nitrogens with zero attached hydrogens (tertiary/aromatic N) is 2. The lowest BCUT2D eigenvalue weighted by molar-refractivity contribution is 0.346. The van der Waals surface area contributed by atoms with E-state index in [0.29, 0.717) is 43.0 Å². The zero-order chi connectivity index (χ0) is 8.39. The van der Waals surface area contributed by atoms with Crippen LogP contribution in [0.1, 0.15) is 0 Å². The number of aliphatic imine (C=N–C) groups is 2. The van der Waals surface area contributed by atoms with E-state index >= 15 is 0 Å². The quantitative estimate of drug-likeness (QED) is 0.576. The van der Waals surface area contributed by atoms with Crippen LogP contribution in [-0.4, -0.2) is 43.0 Å². The van der Waals surface area contributed by atoms with Gasteiger partial charge in [0.15, 0.2) is 4.86 Å². The van der Waals surface area contributed by atoms with Gasteiger partial charge in [-0.25, -0.2) is 9.98 Å². The fraction of sp³-hybridized carbons (Fsp3) is 0.571. The molecule has 2 rings (SSSR count). The van der Waals surface area contributed by atoms with Gasteiger partial charge >= 0.3 is 0 Å². The Morgan fingerprint density at radius 1 is 1.08 bits per heavy atom. The molecule has 0 amide bonds. The SMILES string of the molecule is S=C(C1=NCCO1)C1=NCCO1. The van der Waals surface area contributed by atoms with Crippen molar-refractivity contribution < 1.29 is 9.47 Å². The number of ether oxygens (including phenoxy) is 2. The van der Waals surface area contributed by atoms with Gasteiger partial charge in [-0.15, -0.1) is 0 Å². The molecule has 0 aliphatic carbocycles. The Hall–Kier alpha value is -0.970. The van der Waals surface area contributed by atoms with Crippen molar-refractivity contribution in [2.24, 2.45) is 9.98 Å². The second-order valence-corrected chi connectivity index (χ2v) is 2.81. The van der Waals surface area contributed by atoms with Crippen LogP contribution >= 0.6 is 12.2 Å². The normalized spacial score (nSPS) is 21.0. The zero-order valence-corrected chi connectivity index (χ0v) is 7.26. The molecule has 0 fully saturated rings. The summed E-state index contributed by atoms with van der Waals surface area (Å²) in [6.07, 6.45) is 0. The van der Waals surface area contributed by atoms with Crippen LogP contribution in [0.3, 0.4) is 0 Å². The van der Waals surface area contributed by atoms with E-state index in [1.54, 1.807) is 0 Å². The Labute approximate surface area is 75.3 Å². The van der Waals surface area contributed by atoms with E-state index in [1.165, 1.54) is 0 Å². The average Bonchev–Trinajstić information content (AvgIpc) is 2.77. The van der Waals surface area contributed by atoms with Gasteiger partial charge in [-0.05, 0) is 0 Å². The Bertz CT molecular complexity index is 247. The molecule has 0 radical (unpaired) electrons. The van der Waals surface area contributed by atoms with Gasteiger partial charge in [0.2, 0.25) is 11.8 Å². The molecule has 0 atom stereocenters. The highest BCUT2D eigenvalue weighted by atomic mass is 32.1. The maximum Gasteiger partial charge on any atom is 0.233 e. The van der Waals surface area contributed by atoms with E-state index in [-0.39, 0.29) is 0 Å². The van der Waals surface area contributed by atoms with Crippen molar-refractivity contribution in [1.29, 1.82) is 0 Å². The smallest absolute Gasteiger partial charge is 0.233 e. The van der Waals surface area contributed by atoms with Gasteiger partial charge in [-0.1, -0.05) is 12.2 Å². The van der Waals surface area contributed by atoms with E-state index in [0.717, 1.165) is 0 Å². The monoisotopic (exact) mass is 184 g/mol. The van der Waals surface area contributed by atoms with E-state index in [2.05, 4.69) is 9.98 Å². The third-order valence-electron chi connectivity index (χ3n) is 1.56. The van der Waals surface area contributed by atoms with Gasteiger partial charge in [0.1, 0.15) is 13.2 Å². The van der Waals surface area contributed by atoms with Gasteiger partial charge in [0.05, 0.1) is 13.1 Å². The van der Waals surface area contributed by atoms with Gasteiger partial charge in [-0.3, -0.25) is 0 Å². The Kier molecular flexibility index (Phi) is 2.03. The summed E-state index contributed by atoms with van der Waals surface area (Å²) in [5.41, 5.74) is 0. The van der Waals surface area contributed by atoms with Crippen LogP contribution in [0.5, 0.6) is 0 Å². The summed E-state index contributed by atoms with van der Waals surface area (Å²) in [6.45, 7) is 2.59. The molecule has 5 heteroatoms. The topological polar surface area (TPSA) is 43.2 Å². The molecule has 0 bridgehead atoms. The highest BCUT2D eigenvalue weighted by molar-refractivity contribution is 7.84. The summed E-state index contributed by atoms with van der Waals surface area (Å²) in [5.74, 6) is 1.01. The number of thiocarbonyl (C=S) groups is 1. The van der Waals surface area contributed by atoms with Crippen molar-refractivity contribution in [3.8, 4) is 0 Å². The summed E-state index contributed by atoms with van der Waals surface area (Å²) in [4.78, 5) is 8.65. The maximum absolute atomic E-state index is 5.18. The molecule has 2 heterocycles. The van der Waals surface area contributed by atoms with Crippen LogP contribution in [0.2, 0.25) is 0 Å². The zero-order valence-electron chi connectivity index (χ0n) is 6.45. The van der Waals surface area contributed by atoms with Crippen LogP contribution in [0.25, 0.3) is 0 Å². The minimum absolute atomic E-state index is 0.505. The molecule has 64 valence electrons. The number of hydrogen-bond acceptors (Lipinski definition) is 5. The van der Waals surface area contributed by atoms with Crippen LogP contribution in [0.4, 0.5) is 0 Å². The van der Waals surface area contributed by atoms with Crippen LogP contribution in [-0.2, 0) is 9.47 Å². The Morgan fingerprint density at radius 2 is 1.58 bits per heavy atom. The van der Waals surface area contributed by atoms with E-state index in [4.69, 9.17) is 21.7 Å². The highest BCUT2D eigenvalue weighted by Crippen LogP contribution is 2.03. The van der Waals surface area contributed by atoms with Crippen molar-refractivity contribution in [1.82, 2.24) is 0 Å². The molecule has 0 aromatic rings. The Morgan fingerprint density at radius 3 is 1.92 bits per heavy atom. The second-order valence-electron chi connectivity index (χ2n) is 2.40. The molecule has 4 nitrogen and oxygen atoms in total. The van der Waals surface area contributed by atoms with Crippen molar-refractivity contribution >= 4 is 28.9 Å². The average molecular weight is 184 g/mol. The van der Waals surface area contributed by atoms with Gasteiger partial charge in [0, 0.05) is 0 Å². The summed E-state index contributed by atoms with van der Waals surface area (Å²) in [6, 6.07) is 0. The van der Waals surface area contributed by atoms with Crippen LogP contribution in [0.15, 0.2) is 9.98 Å². The third-order valence-corrected chi connectivity index (χ3v) is 1.91. The molecule has 0 aromatic heterocycles. The fourth-order valence-corrected chi connectivity index (χ4v) is 1.28. The fourth-order valence-electron chi connectivity index (χ4n) is 1.04. The molecule has 0 spiro atoms. The molecule has 2 aliphatic rings. The lowest BCUT2D eigenvalue weighted by atomic mass is 10.4. The first-order valence-corrected chi connectivity index (χ1v) is 4.18. The third kappa shape index (κ3) is 1.32. The van der Waals surface area contributed by atoms with E-state index < -0.39 is 0 Å². The predicted octanol–water partition coefficient (Wildman–Crippen LogP) is 0.214. The molecular weight excluding hydrogens is 176 g/mol. The summed E-state index contributed by atoms with van der Waals surface area (Å²) in [7, 11) is 0. The minimum Gasteiger partial charge on any atom is -0.475 e. The lowest BCUT2D eigenvalue weighted by Gasteiger charge is -2.02. The molecule has 0 saturated carbocycles. The van der Waals surface area contributed by atoms with Crippen molar-refractivity contribution in [3.63, 3.8) is 0 Å². The van der Waals surface area contributed by atoms with Gasteiger partial charge < -0.3 is 9.47 Å². The molecule has 12 heavy (non-hydrogen) atoms. The molecule has 2 aliphatic heterocycles.